The standard InChI is InChI=1S/C12H13N5O2/c1-3-19-12(18)10-11(15-4-8(2)16-10)17-9-5-13-7-14-6-9/h4-7H,3H2,1-2H3,(H,15,17). The molecule has 0 unspecified atom stereocenters. The number of anilines is 2. The minimum Gasteiger partial charge on any atom is -0.461 e. The Balaban J connectivity index is 2.32. The van der Waals surface area contributed by atoms with Gasteiger partial charge in [0.2, 0.25) is 0 Å². The number of nitrogens with zero attached hydrogens (tertiary/aromatic N) is 4. The highest BCUT2D eigenvalue weighted by Gasteiger charge is 2.16. The lowest BCUT2D eigenvalue weighted by Crippen LogP contribution is -2.12. The van der Waals surface area contributed by atoms with Gasteiger partial charge in [0.1, 0.15) is 6.33 Å². The van der Waals surface area contributed by atoms with Crippen molar-refractivity contribution < 1.29 is 9.53 Å². The predicted octanol–water partition coefficient (Wildman–Crippen LogP) is 1.50. The number of nitrogens with one attached hydrogen (secondary N) is 1. The molecule has 0 aliphatic heterocycles. The third-order valence-electron chi connectivity index (χ3n) is 2.19. The number of ether oxygens (including phenoxy) is 1. The minimum atomic E-state index is -0.516. The number of rotatable bonds is 4. The molecule has 2 heterocycles. The van der Waals surface area contributed by atoms with Gasteiger partial charge in [0, 0.05) is 0 Å². The lowest BCUT2D eigenvalue weighted by atomic mass is 10.3. The van der Waals surface area contributed by atoms with E-state index in [0.29, 0.717) is 17.2 Å². The molecule has 0 aliphatic carbocycles. The zero-order valence-electron chi connectivity index (χ0n) is 10.6. The zero-order valence-corrected chi connectivity index (χ0v) is 10.6. The Labute approximate surface area is 110 Å². The van der Waals surface area contributed by atoms with Crippen LogP contribution in [0.3, 0.4) is 0 Å². The number of carbonyl (C=O) groups is 1. The van der Waals surface area contributed by atoms with Gasteiger partial charge in [-0.05, 0) is 13.8 Å². The van der Waals surface area contributed by atoms with Gasteiger partial charge in [-0.25, -0.2) is 24.7 Å². The van der Waals surface area contributed by atoms with Gasteiger partial charge in [0.15, 0.2) is 11.5 Å². The van der Waals surface area contributed by atoms with Crippen molar-refractivity contribution in [3.05, 3.63) is 36.3 Å². The van der Waals surface area contributed by atoms with Gasteiger partial charge in [-0.3, -0.25) is 0 Å². The third-order valence-corrected chi connectivity index (χ3v) is 2.19. The van der Waals surface area contributed by atoms with Gasteiger partial charge in [-0.1, -0.05) is 0 Å². The Morgan fingerprint density at radius 2 is 2.05 bits per heavy atom. The molecule has 0 saturated carbocycles. The van der Waals surface area contributed by atoms with Crippen LogP contribution in [0.4, 0.5) is 11.5 Å². The summed E-state index contributed by atoms with van der Waals surface area (Å²) in [4.78, 5) is 27.8. The van der Waals surface area contributed by atoms with Crippen molar-refractivity contribution in [3.63, 3.8) is 0 Å². The normalized spacial score (nSPS) is 10.0. The van der Waals surface area contributed by atoms with Crippen LogP contribution in [0.2, 0.25) is 0 Å². The molecular formula is C12H13N5O2. The average molecular weight is 259 g/mol. The molecule has 0 aliphatic rings. The van der Waals surface area contributed by atoms with Crippen molar-refractivity contribution in [1.29, 1.82) is 0 Å². The first-order valence-corrected chi connectivity index (χ1v) is 5.73. The van der Waals surface area contributed by atoms with Crippen molar-refractivity contribution >= 4 is 17.5 Å². The first-order chi connectivity index (χ1) is 9.20. The molecule has 2 aromatic heterocycles. The molecule has 0 bridgehead atoms. The van der Waals surface area contributed by atoms with E-state index in [-0.39, 0.29) is 12.3 Å². The van der Waals surface area contributed by atoms with Crippen LogP contribution in [-0.2, 0) is 4.74 Å². The molecule has 2 rings (SSSR count). The topological polar surface area (TPSA) is 89.9 Å². The van der Waals surface area contributed by atoms with Gasteiger partial charge in [-0.2, -0.15) is 0 Å². The molecule has 2 aromatic rings. The van der Waals surface area contributed by atoms with E-state index in [1.165, 1.54) is 6.33 Å². The van der Waals surface area contributed by atoms with Crippen LogP contribution < -0.4 is 5.32 Å². The molecule has 0 atom stereocenters. The van der Waals surface area contributed by atoms with Crippen LogP contribution in [0.1, 0.15) is 23.1 Å². The second kappa shape index (κ2) is 5.85. The predicted molar refractivity (Wildman–Crippen MR) is 68.0 cm³/mol. The molecule has 0 amide bonds. The largest absolute Gasteiger partial charge is 0.461 e. The van der Waals surface area contributed by atoms with Crippen LogP contribution in [0.5, 0.6) is 0 Å². The first kappa shape index (κ1) is 12.9. The second-order valence-corrected chi connectivity index (χ2v) is 3.68. The summed E-state index contributed by atoms with van der Waals surface area (Å²) in [5, 5.41) is 2.94. The number of aryl methyl sites for hydroxylation is 1. The minimum absolute atomic E-state index is 0.144. The molecular weight excluding hydrogens is 246 g/mol. The van der Waals surface area contributed by atoms with Gasteiger partial charge in [-0.15, -0.1) is 0 Å². The van der Waals surface area contributed by atoms with Crippen molar-refractivity contribution in [2.45, 2.75) is 13.8 Å². The maximum absolute atomic E-state index is 11.8. The molecule has 7 heteroatoms. The summed E-state index contributed by atoms with van der Waals surface area (Å²) < 4.78 is 4.95. The Bertz CT molecular complexity index is 574. The van der Waals surface area contributed by atoms with Gasteiger partial charge < -0.3 is 10.1 Å². The highest BCUT2D eigenvalue weighted by atomic mass is 16.5. The van der Waals surface area contributed by atoms with E-state index in [9.17, 15) is 4.79 Å². The Kier molecular flexibility index (Phi) is 3.97. The van der Waals surface area contributed by atoms with Crippen molar-refractivity contribution in [2.24, 2.45) is 0 Å². The fourth-order valence-electron chi connectivity index (χ4n) is 1.41. The monoisotopic (exact) mass is 259 g/mol. The highest BCUT2D eigenvalue weighted by molar-refractivity contribution is 5.93. The van der Waals surface area contributed by atoms with E-state index < -0.39 is 5.97 Å². The van der Waals surface area contributed by atoms with Crippen molar-refractivity contribution in [1.82, 2.24) is 19.9 Å². The number of hydrogen-bond donors (Lipinski definition) is 1. The molecule has 1 N–H and O–H groups in total. The molecule has 0 fully saturated rings. The quantitative estimate of drug-likeness (QED) is 0.832. The summed E-state index contributed by atoms with van der Waals surface area (Å²) in [6, 6.07) is 0. The Morgan fingerprint density at radius 3 is 2.74 bits per heavy atom. The van der Waals surface area contributed by atoms with Gasteiger partial charge in [0.05, 0.1) is 36.6 Å². The van der Waals surface area contributed by atoms with E-state index in [0.717, 1.165) is 0 Å². The van der Waals surface area contributed by atoms with Gasteiger partial charge >= 0.3 is 5.97 Å². The summed E-state index contributed by atoms with van der Waals surface area (Å²) in [5.74, 6) is -0.197. The van der Waals surface area contributed by atoms with Crippen LogP contribution in [0, 0.1) is 6.92 Å². The number of hydrogen-bond acceptors (Lipinski definition) is 7. The molecule has 98 valence electrons. The number of carbonyl (C=O) groups excluding carboxylic acids is 1. The lowest BCUT2D eigenvalue weighted by molar-refractivity contribution is 0.0520. The summed E-state index contributed by atoms with van der Waals surface area (Å²) in [7, 11) is 0. The smallest absolute Gasteiger partial charge is 0.360 e. The SMILES string of the molecule is CCOC(=O)c1nc(C)cnc1Nc1cncnc1. The molecule has 19 heavy (non-hydrogen) atoms. The van der Waals surface area contributed by atoms with Crippen LogP contribution >= 0.6 is 0 Å². The van der Waals surface area contributed by atoms with Crippen LogP contribution in [0.15, 0.2) is 24.9 Å². The Morgan fingerprint density at radius 1 is 1.32 bits per heavy atom. The summed E-state index contributed by atoms with van der Waals surface area (Å²) in [6.45, 7) is 3.77. The Hall–Kier alpha value is -2.57. The third kappa shape index (κ3) is 3.21. The summed E-state index contributed by atoms with van der Waals surface area (Å²) >= 11 is 0. The average Bonchev–Trinajstić information content (AvgIpc) is 2.42. The summed E-state index contributed by atoms with van der Waals surface area (Å²) in [5.41, 5.74) is 1.40. The van der Waals surface area contributed by atoms with E-state index in [4.69, 9.17) is 4.74 Å². The fourth-order valence-corrected chi connectivity index (χ4v) is 1.41. The van der Waals surface area contributed by atoms with Crippen molar-refractivity contribution in [3.8, 4) is 0 Å². The maximum atomic E-state index is 11.8. The maximum Gasteiger partial charge on any atom is 0.360 e. The summed E-state index contributed by atoms with van der Waals surface area (Å²) in [6.07, 6.45) is 6.13. The zero-order chi connectivity index (χ0) is 13.7. The number of esters is 1. The molecule has 7 nitrogen and oxygen atoms in total. The van der Waals surface area contributed by atoms with Crippen LogP contribution in [-0.4, -0.2) is 32.5 Å². The molecule has 0 aromatic carbocycles. The van der Waals surface area contributed by atoms with Crippen molar-refractivity contribution in [2.75, 3.05) is 11.9 Å². The van der Waals surface area contributed by atoms with E-state index in [2.05, 4.69) is 25.3 Å². The van der Waals surface area contributed by atoms with E-state index in [1.807, 2.05) is 0 Å². The molecule has 0 spiro atoms. The van der Waals surface area contributed by atoms with E-state index >= 15 is 0 Å². The number of aromatic nitrogens is 4. The fraction of sp³-hybridized carbons (Fsp3) is 0.250. The van der Waals surface area contributed by atoms with Gasteiger partial charge in [0.25, 0.3) is 0 Å². The molecule has 0 saturated heterocycles. The lowest BCUT2D eigenvalue weighted by Gasteiger charge is -2.09. The van der Waals surface area contributed by atoms with Crippen LogP contribution in [0.25, 0.3) is 0 Å². The van der Waals surface area contributed by atoms with E-state index in [1.54, 1.807) is 32.4 Å². The first-order valence-electron chi connectivity index (χ1n) is 5.73. The second-order valence-electron chi connectivity index (χ2n) is 3.68. The molecule has 0 radical (unpaired) electrons. The highest BCUT2D eigenvalue weighted by Crippen LogP contribution is 2.16.